The van der Waals surface area contributed by atoms with E-state index in [1.807, 2.05) is 7.05 Å². The number of likely N-dealkylation sites (N-methyl/N-ethyl adjacent to an activating group) is 1. The van der Waals surface area contributed by atoms with E-state index in [1.54, 1.807) is 0 Å². The van der Waals surface area contributed by atoms with Crippen LogP contribution in [0, 0.1) is 5.41 Å². The van der Waals surface area contributed by atoms with Crippen LogP contribution in [-0.2, 0) is 4.79 Å². The maximum absolute atomic E-state index is 13.2. The van der Waals surface area contributed by atoms with Gasteiger partial charge in [0.15, 0.2) is 5.41 Å². The first-order chi connectivity index (χ1) is 9.37. The number of halogens is 3. The topological polar surface area (TPSA) is 44.4 Å². The van der Waals surface area contributed by atoms with Crippen LogP contribution >= 0.6 is 0 Å². The SMILES string of the molecule is CN1CCCCC1CNC(=O)C1(C(F)(F)F)CCNC1. The van der Waals surface area contributed by atoms with Crippen molar-refractivity contribution in [2.45, 2.75) is 37.9 Å². The average molecular weight is 293 g/mol. The van der Waals surface area contributed by atoms with Crippen molar-refractivity contribution in [2.24, 2.45) is 5.41 Å². The molecule has 7 heteroatoms. The van der Waals surface area contributed by atoms with Crippen LogP contribution in [0.4, 0.5) is 13.2 Å². The highest BCUT2D eigenvalue weighted by Gasteiger charge is 2.61. The maximum atomic E-state index is 13.2. The van der Waals surface area contributed by atoms with E-state index >= 15 is 0 Å². The van der Waals surface area contributed by atoms with Crippen molar-refractivity contribution >= 4 is 5.91 Å². The Morgan fingerprint density at radius 3 is 2.75 bits per heavy atom. The van der Waals surface area contributed by atoms with Gasteiger partial charge in [-0.1, -0.05) is 6.42 Å². The summed E-state index contributed by atoms with van der Waals surface area (Å²) in [5, 5.41) is 5.19. The highest BCUT2D eigenvalue weighted by molar-refractivity contribution is 5.84. The van der Waals surface area contributed by atoms with Crippen LogP contribution in [0.5, 0.6) is 0 Å². The van der Waals surface area contributed by atoms with E-state index in [1.165, 1.54) is 0 Å². The molecule has 0 bridgehead atoms. The second kappa shape index (κ2) is 5.89. The number of alkyl halides is 3. The molecule has 0 aliphatic carbocycles. The highest BCUT2D eigenvalue weighted by Crippen LogP contribution is 2.43. The van der Waals surface area contributed by atoms with Crippen molar-refractivity contribution in [1.29, 1.82) is 0 Å². The van der Waals surface area contributed by atoms with Crippen LogP contribution in [0.2, 0.25) is 0 Å². The minimum absolute atomic E-state index is 0.146. The van der Waals surface area contributed by atoms with Crippen molar-refractivity contribution in [1.82, 2.24) is 15.5 Å². The summed E-state index contributed by atoms with van der Waals surface area (Å²) in [4.78, 5) is 14.2. The lowest BCUT2D eigenvalue weighted by atomic mass is 9.85. The normalized spacial score (nSPS) is 32.3. The standard InChI is InChI=1S/C13H22F3N3O/c1-19-7-3-2-4-10(19)8-18-11(20)12(13(14,15)16)5-6-17-9-12/h10,17H,2-9H2,1H3,(H,18,20). The molecule has 0 saturated carbocycles. The van der Waals surface area contributed by atoms with Crippen LogP contribution in [-0.4, -0.2) is 56.3 Å². The van der Waals surface area contributed by atoms with Crippen molar-refractivity contribution < 1.29 is 18.0 Å². The summed E-state index contributed by atoms with van der Waals surface area (Å²) in [5.74, 6) is -0.881. The zero-order valence-electron chi connectivity index (χ0n) is 11.7. The largest absolute Gasteiger partial charge is 0.404 e. The lowest BCUT2D eigenvalue weighted by Crippen LogP contribution is -2.54. The number of piperidine rings is 1. The zero-order chi connectivity index (χ0) is 14.8. The van der Waals surface area contributed by atoms with Gasteiger partial charge in [0.05, 0.1) is 0 Å². The molecule has 2 heterocycles. The Kier molecular flexibility index (Phi) is 4.59. The molecule has 2 aliphatic heterocycles. The minimum Gasteiger partial charge on any atom is -0.354 e. The minimum atomic E-state index is -4.50. The summed E-state index contributed by atoms with van der Waals surface area (Å²) >= 11 is 0. The monoisotopic (exact) mass is 293 g/mol. The third-order valence-electron chi connectivity index (χ3n) is 4.55. The van der Waals surface area contributed by atoms with Gasteiger partial charge in [-0.05, 0) is 39.4 Å². The molecule has 0 radical (unpaired) electrons. The molecule has 1 amide bonds. The average Bonchev–Trinajstić information content (AvgIpc) is 2.87. The fourth-order valence-electron chi connectivity index (χ4n) is 3.04. The number of carbonyl (C=O) groups is 1. The van der Waals surface area contributed by atoms with Gasteiger partial charge in [-0.15, -0.1) is 0 Å². The predicted molar refractivity (Wildman–Crippen MR) is 69.3 cm³/mol. The molecule has 0 aromatic rings. The Balaban J connectivity index is 1.96. The first kappa shape index (κ1) is 15.6. The summed E-state index contributed by atoms with van der Waals surface area (Å²) in [5.41, 5.74) is -2.25. The first-order valence-electron chi connectivity index (χ1n) is 7.13. The summed E-state index contributed by atoms with van der Waals surface area (Å²) in [7, 11) is 1.95. The Morgan fingerprint density at radius 2 is 2.20 bits per heavy atom. The number of hydrogen-bond donors (Lipinski definition) is 2. The van der Waals surface area contributed by atoms with Gasteiger partial charge >= 0.3 is 6.18 Å². The molecule has 4 nitrogen and oxygen atoms in total. The molecule has 116 valence electrons. The van der Waals surface area contributed by atoms with Crippen LogP contribution < -0.4 is 10.6 Å². The van der Waals surface area contributed by atoms with Crippen molar-refractivity contribution in [3.05, 3.63) is 0 Å². The van der Waals surface area contributed by atoms with E-state index in [9.17, 15) is 18.0 Å². The molecule has 20 heavy (non-hydrogen) atoms. The van der Waals surface area contributed by atoms with Gasteiger partial charge in [-0.2, -0.15) is 13.2 Å². The first-order valence-corrected chi connectivity index (χ1v) is 7.13. The fourth-order valence-corrected chi connectivity index (χ4v) is 3.04. The molecule has 2 atom stereocenters. The highest BCUT2D eigenvalue weighted by atomic mass is 19.4. The molecule has 0 spiro atoms. The third kappa shape index (κ3) is 2.93. The summed E-state index contributed by atoms with van der Waals surface area (Å²) < 4.78 is 39.6. The third-order valence-corrected chi connectivity index (χ3v) is 4.55. The Bertz CT molecular complexity index is 353. The van der Waals surface area contributed by atoms with Crippen LogP contribution in [0.25, 0.3) is 0 Å². The zero-order valence-corrected chi connectivity index (χ0v) is 11.7. The molecule has 2 saturated heterocycles. The predicted octanol–water partition coefficient (Wildman–Crippen LogP) is 1.13. The molecule has 2 rings (SSSR count). The van der Waals surface area contributed by atoms with Crippen LogP contribution in [0.15, 0.2) is 0 Å². The van der Waals surface area contributed by atoms with Gasteiger partial charge in [-0.25, -0.2) is 0 Å². The summed E-state index contributed by atoms with van der Waals surface area (Å²) in [6.07, 6.45) is -1.58. The Morgan fingerprint density at radius 1 is 1.45 bits per heavy atom. The van der Waals surface area contributed by atoms with E-state index in [0.29, 0.717) is 6.54 Å². The lowest BCUT2D eigenvalue weighted by Gasteiger charge is -2.34. The van der Waals surface area contributed by atoms with Gasteiger partial charge < -0.3 is 15.5 Å². The number of nitrogens with zero attached hydrogens (tertiary/aromatic N) is 1. The van der Waals surface area contributed by atoms with E-state index < -0.39 is 17.5 Å². The molecule has 2 fully saturated rings. The van der Waals surface area contributed by atoms with Crippen molar-refractivity contribution in [3.8, 4) is 0 Å². The molecule has 2 unspecified atom stereocenters. The van der Waals surface area contributed by atoms with E-state index in [2.05, 4.69) is 15.5 Å². The molecule has 0 aromatic heterocycles. The fraction of sp³-hybridized carbons (Fsp3) is 0.923. The number of hydrogen-bond acceptors (Lipinski definition) is 3. The summed E-state index contributed by atoms with van der Waals surface area (Å²) in [6.45, 7) is 1.15. The molecular weight excluding hydrogens is 271 g/mol. The molecular formula is C13H22F3N3O. The second-order valence-electron chi connectivity index (χ2n) is 5.85. The van der Waals surface area contributed by atoms with Crippen LogP contribution in [0.1, 0.15) is 25.7 Å². The van der Waals surface area contributed by atoms with Gasteiger partial charge in [0, 0.05) is 19.1 Å². The lowest BCUT2D eigenvalue weighted by molar-refractivity contribution is -0.216. The Hall–Kier alpha value is -0.820. The van der Waals surface area contributed by atoms with E-state index in [0.717, 1.165) is 25.8 Å². The number of nitrogens with one attached hydrogen (secondary N) is 2. The quantitative estimate of drug-likeness (QED) is 0.820. The van der Waals surface area contributed by atoms with Gasteiger partial charge in [0.25, 0.3) is 0 Å². The number of amides is 1. The number of likely N-dealkylation sites (tertiary alicyclic amines) is 1. The number of rotatable bonds is 3. The maximum Gasteiger partial charge on any atom is 0.404 e. The smallest absolute Gasteiger partial charge is 0.354 e. The van der Waals surface area contributed by atoms with E-state index in [4.69, 9.17) is 0 Å². The van der Waals surface area contributed by atoms with E-state index in [-0.39, 0.29) is 25.6 Å². The van der Waals surface area contributed by atoms with Gasteiger partial charge in [0.1, 0.15) is 0 Å². The van der Waals surface area contributed by atoms with Crippen LogP contribution in [0.3, 0.4) is 0 Å². The molecule has 2 N–H and O–H groups in total. The van der Waals surface area contributed by atoms with Gasteiger partial charge in [-0.3, -0.25) is 4.79 Å². The molecule has 0 aromatic carbocycles. The Labute approximate surface area is 117 Å². The molecule has 2 aliphatic rings. The summed E-state index contributed by atoms with van der Waals surface area (Å²) in [6, 6.07) is 0.146. The van der Waals surface area contributed by atoms with Gasteiger partial charge in [0.2, 0.25) is 5.91 Å². The second-order valence-corrected chi connectivity index (χ2v) is 5.85. The number of carbonyl (C=O) groups excluding carboxylic acids is 1. The van der Waals surface area contributed by atoms with Crippen molar-refractivity contribution in [3.63, 3.8) is 0 Å². The van der Waals surface area contributed by atoms with Crippen molar-refractivity contribution in [2.75, 3.05) is 33.2 Å².